The predicted octanol–water partition coefficient (Wildman–Crippen LogP) is 3.78. The first-order valence-electron chi connectivity index (χ1n) is 9.24. The standard InChI is InChI=1S/C22H28N2O2S/c1-4-20(22(26)23-3)24(14-19-13-9-8-10-17(19)2)21(25)16-27-15-18-11-6-5-7-12-18/h5-13,20H,4,14-16H2,1-3H3,(H,23,26)/t20-/m1/s1. The fraction of sp³-hybridized carbons (Fsp3) is 0.364. The molecule has 5 heteroatoms. The number of rotatable bonds is 9. The zero-order chi connectivity index (χ0) is 19.6. The Morgan fingerprint density at radius 2 is 1.74 bits per heavy atom. The molecule has 0 unspecified atom stereocenters. The lowest BCUT2D eigenvalue weighted by atomic mass is 10.1. The molecule has 0 aliphatic heterocycles. The Balaban J connectivity index is 2.11. The van der Waals surface area contributed by atoms with E-state index in [2.05, 4.69) is 17.4 Å². The second kappa shape index (κ2) is 10.8. The minimum atomic E-state index is -0.459. The molecule has 1 N–H and O–H groups in total. The summed E-state index contributed by atoms with van der Waals surface area (Å²) >= 11 is 1.58. The normalized spacial score (nSPS) is 11.7. The molecule has 0 aliphatic rings. The highest BCUT2D eigenvalue weighted by Crippen LogP contribution is 2.18. The lowest BCUT2D eigenvalue weighted by molar-refractivity contribution is -0.139. The van der Waals surface area contributed by atoms with Crippen molar-refractivity contribution in [1.82, 2.24) is 10.2 Å². The van der Waals surface area contributed by atoms with E-state index in [9.17, 15) is 9.59 Å². The molecular weight excluding hydrogens is 356 g/mol. The number of hydrogen-bond acceptors (Lipinski definition) is 3. The van der Waals surface area contributed by atoms with Crippen LogP contribution in [0.25, 0.3) is 0 Å². The zero-order valence-corrected chi connectivity index (χ0v) is 17.1. The first kappa shape index (κ1) is 21.0. The summed E-state index contributed by atoms with van der Waals surface area (Å²) in [5.41, 5.74) is 3.39. The van der Waals surface area contributed by atoms with Gasteiger partial charge in [0.1, 0.15) is 6.04 Å². The van der Waals surface area contributed by atoms with Gasteiger partial charge in [0.05, 0.1) is 5.75 Å². The van der Waals surface area contributed by atoms with Gasteiger partial charge in [0.25, 0.3) is 0 Å². The molecular formula is C22H28N2O2S. The van der Waals surface area contributed by atoms with Crippen LogP contribution in [0.1, 0.15) is 30.0 Å². The summed E-state index contributed by atoms with van der Waals surface area (Å²) in [5.74, 6) is 1.01. The number of nitrogens with one attached hydrogen (secondary N) is 1. The Morgan fingerprint density at radius 1 is 1.07 bits per heavy atom. The van der Waals surface area contributed by atoms with E-state index in [-0.39, 0.29) is 11.8 Å². The van der Waals surface area contributed by atoms with Gasteiger partial charge in [0.15, 0.2) is 0 Å². The van der Waals surface area contributed by atoms with Crippen molar-refractivity contribution in [3.05, 3.63) is 71.3 Å². The third kappa shape index (κ3) is 6.14. The average Bonchev–Trinajstić information content (AvgIpc) is 2.69. The van der Waals surface area contributed by atoms with E-state index in [0.29, 0.717) is 18.7 Å². The Hall–Kier alpha value is -2.27. The predicted molar refractivity (Wildman–Crippen MR) is 112 cm³/mol. The Bertz CT molecular complexity index is 749. The number of hydrogen-bond donors (Lipinski definition) is 1. The van der Waals surface area contributed by atoms with Crippen molar-refractivity contribution in [2.75, 3.05) is 12.8 Å². The molecule has 27 heavy (non-hydrogen) atoms. The van der Waals surface area contributed by atoms with Crippen LogP contribution in [-0.4, -0.2) is 35.6 Å². The van der Waals surface area contributed by atoms with Crippen molar-refractivity contribution in [3.8, 4) is 0 Å². The van der Waals surface area contributed by atoms with Crippen molar-refractivity contribution in [3.63, 3.8) is 0 Å². The quantitative estimate of drug-likeness (QED) is 0.716. The molecule has 0 saturated carbocycles. The van der Waals surface area contributed by atoms with Gasteiger partial charge in [-0.2, -0.15) is 0 Å². The van der Waals surface area contributed by atoms with Gasteiger partial charge in [-0.05, 0) is 30.0 Å². The van der Waals surface area contributed by atoms with Crippen LogP contribution in [0.4, 0.5) is 0 Å². The first-order chi connectivity index (χ1) is 13.1. The van der Waals surface area contributed by atoms with E-state index in [4.69, 9.17) is 0 Å². The molecule has 144 valence electrons. The summed E-state index contributed by atoms with van der Waals surface area (Å²) in [6.45, 7) is 4.42. The number of nitrogens with zero attached hydrogens (tertiary/aromatic N) is 1. The molecule has 0 heterocycles. The number of likely N-dealkylation sites (N-methyl/N-ethyl adjacent to an activating group) is 1. The van der Waals surface area contributed by atoms with Crippen molar-refractivity contribution in [2.45, 2.75) is 38.6 Å². The second-order valence-electron chi connectivity index (χ2n) is 6.46. The largest absolute Gasteiger partial charge is 0.357 e. The van der Waals surface area contributed by atoms with Crippen LogP contribution >= 0.6 is 11.8 Å². The number of thioether (sulfide) groups is 1. The molecule has 0 bridgehead atoms. The fourth-order valence-corrected chi connectivity index (χ4v) is 3.84. The Kier molecular flexibility index (Phi) is 8.40. The average molecular weight is 385 g/mol. The van der Waals surface area contributed by atoms with Crippen molar-refractivity contribution < 1.29 is 9.59 Å². The van der Waals surface area contributed by atoms with Gasteiger partial charge in [-0.3, -0.25) is 9.59 Å². The molecule has 0 saturated heterocycles. The van der Waals surface area contributed by atoms with E-state index in [1.54, 1.807) is 23.7 Å². The maximum Gasteiger partial charge on any atom is 0.242 e. The number of benzene rings is 2. The topological polar surface area (TPSA) is 49.4 Å². The van der Waals surface area contributed by atoms with Crippen LogP contribution in [0.5, 0.6) is 0 Å². The molecule has 4 nitrogen and oxygen atoms in total. The highest BCUT2D eigenvalue weighted by molar-refractivity contribution is 7.99. The highest BCUT2D eigenvalue weighted by Gasteiger charge is 2.28. The lowest BCUT2D eigenvalue weighted by Gasteiger charge is -2.30. The van der Waals surface area contributed by atoms with E-state index < -0.39 is 6.04 Å². The van der Waals surface area contributed by atoms with Gasteiger partial charge in [-0.1, -0.05) is 61.5 Å². The van der Waals surface area contributed by atoms with Gasteiger partial charge in [-0.15, -0.1) is 11.8 Å². The van der Waals surface area contributed by atoms with Gasteiger partial charge in [0, 0.05) is 19.3 Å². The number of amides is 2. The molecule has 2 aromatic rings. The fourth-order valence-electron chi connectivity index (χ4n) is 2.97. The van der Waals surface area contributed by atoms with Crippen LogP contribution in [0.15, 0.2) is 54.6 Å². The Labute approximate surface area is 166 Å². The van der Waals surface area contributed by atoms with Crippen LogP contribution in [-0.2, 0) is 21.9 Å². The molecule has 0 aromatic heterocycles. The zero-order valence-electron chi connectivity index (χ0n) is 16.3. The minimum absolute atomic E-state index is 0.00497. The summed E-state index contributed by atoms with van der Waals surface area (Å²) < 4.78 is 0. The first-order valence-corrected chi connectivity index (χ1v) is 10.4. The molecule has 0 radical (unpaired) electrons. The summed E-state index contributed by atoms with van der Waals surface area (Å²) in [7, 11) is 1.62. The molecule has 0 fully saturated rings. The van der Waals surface area contributed by atoms with Crippen LogP contribution < -0.4 is 5.32 Å². The van der Waals surface area contributed by atoms with E-state index in [1.165, 1.54) is 5.56 Å². The maximum absolute atomic E-state index is 13.0. The Morgan fingerprint density at radius 3 is 2.37 bits per heavy atom. The van der Waals surface area contributed by atoms with E-state index >= 15 is 0 Å². The van der Waals surface area contributed by atoms with Gasteiger partial charge in [-0.25, -0.2) is 0 Å². The van der Waals surface area contributed by atoms with E-state index in [1.807, 2.05) is 56.3 Å². The number of carbonyl (C=O) groups excluding carboxylic acids is 2. The molecule has 1 atom stereocenters. The van der Waals surface area contributed by atoms with Gasteiger partial charge >= 0.3 is 0 Å². The molecule has 2 aromatic carbocycles. The summed E-state index contributed by atoms with van der Waals surface area (Å²) in [6, 6.07) is 17.6. The summed E-state index contributed by atoms with van der Waals surface area (Å²) in [5, 5.41) is 2.69. The van der Waals surface area contributed by atoms with Gasteiger partial charge < -0.3 is 10.2 Å². The smallest absolute Gasteiger partial charge is 0.242 e. The third-order valence-electron chi connectivity index (χ3n) is 4.57. The second-order valence-corrected chi connectivity index (χ2v) is 7.45. The highest BCUT2D eigenvalue weighted by atomic mass is 32.2. The molecule has 2 rings (SSSR count). The van der Waals surface area contributed by atoms with Crippen LogP contribution in [0.2, 0.25) is 0 Å². The minimum Gasteiger partial charge on any atom is -0.357 e. The number of carbonyl (C=O) groups is 2. The molecule has 2 amide bonds. The molecule has 0 spiro atoms. The van der Waals surface area contributed by atoms with Crippen LogP contribution in [0, 0.1) is 6.92 Å². The summed E-state index contributed by atoms with van der Waals surface area (Å²) in [6.07, 6.45) is 0.584. The van der Waals surface area contributed by atoms with Gasteiger partial charge in [0.2, 0.25) is 11.8 Å². The lowest BCUT2D eigenvalue weighted by Crippen LogP contribution is -2.48. The van der Waals surface area contributed by atoms with E-state index in [0.717, 1.165) is 16.9 Å². The number of aryl methyl sites for hydroxylation is 1. The molecule has 0 aliphatic carbocycles. The summed E-state index contributed by atoms with van der Waals surface area (Å²) in [4.78, 5) is 27.1. The van der Waals surface area contributed by atoms with Crippen LogP contribution in [0.3, 0.4) is 0 Å². The maximum atomic E-state index is 13.0. The van der Waals surface area contributed by atoms with Crippen molar-refractivity contribution in [1.29, 1.82) is 0 Å². The third-order valence-corrected chi connectivity index (χ3v) is 5.56. The SMILES string of the molecule is CC[C@H](C(=O)NC)N(Cc1ccccc1C)C(=O)CSCc1ccccc1. The van der Waals surface area contributed by atoms with Crippen molar-refractivity contribution in [2.24, 2.45) is 0 Å². The monoisotopic (exact) mass is 384 g/mol. The van der Waals surface area contributed by atoms with Crippen molar-refractivity contribution >= 4 is 23.6 Å².